The Kier molecular flexibility index (Phi) is 7.82. The van der Waals surface area contributed by atoms with E-state index in [1.165, 1.54) is 11.3 Å². The van der Waals surface area contributed by atoms with Gasteiger partial charge in [-0.3, -0.25) is 9.69 Å². The number of ether oxygens (including phenoxy) is 3. The van der Waals surface area contributed by atoms with Crippen molar-refractivity contribution in [3.8, 4) is 17.2 Å². The van der Waals surface area contributed by atoms with Crippen molar-refractivity contribution in [2.45, 2.75) is 13.3 Å². The topological polar surface area (TPSA) is 64.1 Å². The van der Waals surface area contributed by atoms with Gasteiger partial charge in [-0.25, -0.2) is 4.98 Å². The average molecular weight is 477 g/mol. The van der Waals surface area contributed by atoms with E-state index < -0.39 is 0 Å². The number of amides is 1. The zero-order chi connectivity index (χ0) is 22.0. The molecule has 0 spiro atoms. The smallest absolute Gasteiger partial charge is 0.260 e. The predicted molar refractivity (Wildman–Crippen MR) is 123 cm³/mol. The standard InChI is InChI=1S/C23H27N3O4S.ClH/c1-15-6-8-18(28-4)20-21(15)31-23(24-20)26(11-5-10-25(2)3)22(27)16-7-9-17-19(14-16)30-13-12-29-17;/h6-9,14H,5,10-13H2,1-4H3;1H/p-1. The quantitative estimate of drug-likeness (QED) is 0.506. The molecule has 0 unspecified atom stereocenters. The number of thiazole rings is 1. The first-order valence-electron chi connectivity index (χ1n) is 10.3. The molecule has 1 amide bonds. The van der Waals surface area contributed by atoms with Crippen LogP contribution in [0.2, 0.25) is 0 Å². The van der Waals surface area contributed by atoms with E-state index >= 15 is 0 Å². The molecule has 0 saturated heterocycles. The van der Waals surface area contributed by atoms with Gasteiger partial charge in [0.2, 0.25) is 0 Å². The monoisotopic (exact) mass is 476 g/mol. The number of rotatable bonds is 7. The maximum absolute atomic E-state index is 13.6. The van der Waals surface area contributed by atoms with Gasteiger partial charge in [0.15, 0.2) is 16.6 Å². The van der Waals surface area contributed by atoms with Crippen LogP contribution < -0.4 is 31.5 Å². The van der Waals surface area contributed by atoms with Crippen molar-refractivity contribution < 1.29 is 31.4 Å². The number of benzene rings is 2. The highest BCUT2D eigenvalue weighted by Gasteiger charge is 2.24. The lowest BCUT2D eigenvalue weighted by Crippen LogP contribution is -3.00. The summed E-state index contributed by atoms with van der Waals surface area (Å²) in [6, 6.07) is 9.27. The van der Waals surface area contributed by atoms with E-state index in [0.717, 1.165) is 28.7 Å². The molecule has 2 heterocycles. The molecule has 0 atom stereocenters. The van der Waals surface area contributed by atoms with Gasteiger partial charge in [-0.2, -0.15) is 0 Å². The Morgan fingerprint density at radius 2 is 1.88 bits per heavy atom. The van der Waals surface area contributed by atoms with E-state index in [2.05, 4.69) is 4.90 Å². The number of carbonyl (C=O) groups is 1. The number of hydrogen-bond acceptors (Lipinski definition) is 7. The molecule has 0 radical (unpaired) electrons. The van der Waals surface area contributed by atoms with Crippen molar-refractivity contribution in [3.05, 3.63) is 41.5 Å². The van der Waals surface area contributed by atoms with Gasteiger partial charge in [0.05, 0.1) is 11.8 Å². The molecule has 9 heteroatoms. The van der Waals surface area contributed by atoms with Crippen LogP contribution in [0.1, 0.15) is 22.3 Å². The molecule has 32 heavy (non-hydrogen) atoms. The van der Waals surface area contributed by atoms with Crippen LogP contribution in [0.15, 0.2) is 30.3 Å². The van der Waals surface area contributed by atoms with Gasteiger partial charge in [-0.1, -0.05) is 17.4 Å². The fourth-order valence-corrected chi connectivity index (χ4v) is 4.62. The summed E-state index contributed by atoms with van der Waals surface area (Å²) in [5.74, 6) is 1.88. The van der Waals surface area contributed by atoms with Crippen LogP contribution in [0.25, 0.3) is 10.2 Å². The van der Waals surface area contributed by atoms with Gasteiger partial charge in [0, 0.05) is 12.1 Å². The highest BCUT2D eigenvalue weighted by Crippen LogP contribution is 2.37. The molecule has 1 aliphatic heterocycles. The number of carbonyl (C=O) groups excluding carboxylic acids is 1. The fraction of sp³-hybridized carbons (Fsp3) is 0.391. The van der Waals surface area contributed by atoms with Gasteiger partial charge in [0.25, 0.3) is 5.91 Å². The molecule has 3 aromatic rings. The summed E-state index contributed by atoms with van der Waals surface area (Å²) in [5, 5.41) is 0.668. The number of fused-ring (bicyclic) bond motifs is 2. The second-order valence-electron chi connectivity index (χ2n) is 7.73. The summed E-state index contributed by atoms with van der Waals surface area (Å²) in [6.07, 6.45) is 0.829. The Balaban J connectivity index is 0.00000289. The molecule has 2 aromatic carbocycles. The molecule has 1 aliphatic rings. The number of methoxy groups -OCH3 is 1. The van der Waals surface area contributed by atoms with E-state index in [4.69, 9.17) is 19.2 Å². The lowest BCUT2D eigenvalue weighted by Gasteiger charge is -2.23. The highest BCUT2D eigenvalue weighted by atomic mass is 35.5. The first kappa shape index (κ1) is 24.1. The van der Waals surface area contributed by atoms with Crippen molar-refractivity contribution in [2.24, 2.45) is 0 Å². The van der Waals surface area contributed by atoms with Crippen molar-refractivity contribution in [3.63, 3.8) is 0 Å². The van der Waals surface area contributed by atoms with Crippen LogP contribution in [-0.2, 0) is 0 Å². The van der Waals surface area contributed by atoms with Crippen molar-refractivity contribution in [1.29, 1.82) is 0 Å². The Hall–Kier alpha value is -2.55. The van der Waals surface area contributed by atoms with Crippen LogP contribution in [0, 0.1) is 6.92 Å². The van der Waals surface area contributed by atoms with Crippen molar-refractivity contribution in [1.82, 2.24) is 9.88 Å². The van der Waals surface area contributed by atoms with E-state index in [1.807, 2.05) is 33.2 Å². The lowest BCUT2D eigenvalue weighted by atomic mass is 10.1. The number of aryl methyl sites for hydroxylation is 1. The summed E-state index contributed by atoms with van der Waals surface area (Å²) in [4.78, 5) is 22.3. The summed E-state index contributed by atoms with van der Waals surface area (Å²) in [7, 11) is 5.69. The minimum atomic E-state index is -0.105. The molecular formula is C23H27ClN3O4S-. The highest BCUT2D eigenvalue weighted by molar-refractivity contribution is 7.22. The molecule has 1 aromatic heterocycles. The molecule has 0 N–H and O–H groups in total. The number of nitrogens with zero attached hydrogens (tertiary/aromatic N) is 3. The van der Waals surface area contributed by atoms with Crippen molar-refractivity contribution in [2.75, 3.05) is 52.4 Å². The molecule has 0 bridgehead atoms. The van der Waals surface area contributed by atoms with Crippen LogP contribution in [-0.4, -0.2) is 63.3 Å². The predicted octanol–water partition coefficient (Wildman–Crippen LogP) is 0.987. The molecular weight excluding hydrogens is 450 g/mol. The van der Waals surface area contributed by atoms with Gasteiger partial charge in [-0.05, 0) is 63.8 Å². The molecule has 172 valence electrons. The number of aromatic nitrogens is 1. The van der Waals surface area contributed by atoms with Gasteiger partial charge in [0.1, 0.15) is 24.5 Å². The number of anilines is 1. The van der Waals surface area contributed by atoms with Gasteiger partial charge >= 0.3 is 0 Å². The van der Waals surface area contributed by atoms with Crippen LogP contribution >= 0.6 is 11.3 Å². The lowest BCUT2D eigenvalue weighted by molar-refractivity contribution is -0.0000148. The average Bonchev–Trinajstić information content (AvgIpc) is 3.22. The SMILES string of the molecule is COc1ccc(C)c2sc(N(CCCN(C)C)C(=O)c3ccc4c(c3)OCCO4)nc12.[Cl-]. The first-order valence-corrected chi connectivity index (χ1v) is 11.1. The Labute approximate surface area is 198 Å². The maximum atomic E-state index is 13.6. The molecule has 0 fully saturated rings. The summed E-state index contributed by atoms with van der Waals surface area (Å²) < 4.78 is 17.8. The Morgan fingerprint density at radius 1 is 1.12 bits per heavy atom. The fourth-order valence-electron chi connectivity index (χ4n) is 3.54. The number of halogens is 1. The summed E-state index contributed by atoms with van der Waals surface area (Å²) in [5.41, 5.74) is 2.45. The van der Waals surface area contributed by atoms with Crippen LogP contribution in [0.5, 0.6) is 17.2 Å². The third-order valence-corrected chi connectivity index (χ3v) is 6.38. The molecule has 4 rings (SSSR count). The largest absolute Gasteiger partial charge is 1.00 e. The zero-order valence-corrected chi connectivity index (χ0v) is 20.3. The Bertz CT molecular complexity index is 1100. The first-order chi connectivity index (χ1) is 15.0. The van der Waals surface area contributed by atoms with Crippen LogP contribution in [0.3, 0.4) is 0 Å². The second kappa shape index (κ2) is 10.4. The van der Waals surface area contributed by atoms with E-state index in [9.17, 15) is 4.79 Å². The molecule has 0 saturated carbocycles. The third-order valence-electron chi connectivity index (χ3n) is 5.16. The third kappa shape index (κ3) is 4.92. The Morgan fingerprint density at radius 3 is 2.59 bits per heavy atom. The van der Waals surface area contributed by atoms with Gasteiger partial charge < -0.3 is 31.5 Å². The minimum Gasteiger partial charge on any atom is -1.00 e. The second-order valence-corrected chi connectivity index (χ2v) is 8.71. The number of hydrogen-bond donors (Lipinski definition) is 0. The van der Waals surface area contributed by atoms with Gasteiger partial charge in [-0.15, -0.1) is 0 Å². The molecule has 7 nitrogen and oxygen atoms in total. The van der Waals surface area contributed by atoms with E-state index in [0.29, 0.717) is 47.7 Å². The summed E-state index contributed by atoms with van der Waals surface area (Å²) >= 11 is 1.52. The van der Waals surface area contributed by atoms with E-state index in [1.54, 1.807) is 30.2 Å². The minimum absolute atomic E-state index is 0. The van der Waals surface area contributed by atoms with E-state index in [-0.39, 0.29) is 18.3 Å². The zero-order valence-electron chi connectivity index (χ0n) is 18.7. The molecule has 0 aliphatic carbocycles. The van der Waals surface area contributed by atoms with Crippen LogP contribution in [0.4, 0.5) is 5.13 Å². The van der Waals surface area contributed by atoms with Crippen molar-refractivity contribution >= 4 is 32.6 Å². The normalized spacial score (nSPS) is 12.5. The maximum Gasteiger partial charge on any atom is 0.260 e. The summed E-state index contributed by atoms with van der Waals surface area (Å²) in [6.45, 7) is 4.48.